The Balaban J connectivity index is 2.17. The molecule has 0 saturated carbocycles. The normalized spacial score (nSPS) is 10.8. The number of halogens is 1. The van der Waals surface area contributed by atoms with Gasteiger partial charge in [0.15, 0.2) is 0 Å². The minimum Gasteiger partial charge on any atom is -0.383 e. The van der Waals surface area contributed by atoms with Crippen molar-refractivity contribution in [2.45, 2.75) is 0 Å². The highest BCUT2D eigenvalue weighted by Crippen LogP contribution is 2.02. The molecule has 1 aromatic rings. The molecule has 0 aromatic carbocycles. The molecule has 1 aromatic heterocycles. The molecule has 0 fully saturated rings. The van der Waals surface area contributed by atoms with Crippen molar-refractivity contribution in [3.8, 4) is 0 Å². The zero-order valence-corrected chi connectivity index (χ0v) is 9.74. The molecule has 1 heterocycles. The molecule has 0 saturated heterocycles. The molecule has 0 bridgehead atoms. The number of nitrogens with one attached hydrogen (secondary N) is 1. The van der Waals surface area contributed by atoms with Gasteiger partial charge in [0.2, 0.25) is 0 Å². The van der Waals surface area contributed by atoms with Crippen molar-refractivity contribution in [1.82, 2.24) is 9.88 Å². The van der Waals surface area contributed by atoms with E-state index < -0.39 is 0 Å². The van der Waals surface area contributed by atoms with Crippen molar-refractivity contribution < 1.29 is 9.13 Å². The predicted molar refractivity (Wildman–Crippen MR) is 62.1 cm³/mol. The van der Waals surface area contributed by atoms with E-state index in [1.165, 1.54) is 12.3 Å². The molecule has 16 heavy (non-hydrogen) atoms. The fourth-order valence-corrected chi connectivity index (χ4v) is 1.21. The van der Waals surface area contributed by atoms with E-state index in [0.29, 0.717) is 5.82 Å². The van der Waals surface area contributed by atoms with E-state index in [1.54, 1.807) is 13.2 Å². The van der Waals surface area contributed by atoms with E-state index in [-0.39, 0.29) is 5.82 Å². The first-order valence-corrected chi connectivity index (χ1v) is 5.25. The highest BCUT2D eigenvalue weighted by atomic mass is 19.1. The molecule has 5 heteroatoms. The van der Waals surface area contributed by atoms with Crippen LogP contribution in [0.2, 0.25) is 0 Å². The first-order chi connectivity index (χ1) is 7.72. The Morgan fingerprint density at radius 2 is 2.25 bits per heavy atom. The van der Waals surface area contributed by atoms with Crippen LogP contribution in [-0.2, 0) is 4.74 Å². The molecule has 0 aliphatic rings. The molecule has 0 spiro atoms. The second kappa shape index (κ2) is 7.14. The van der Waals surface area contributed by atoms with Crippen LogP contribution in [0.3, 0.4) is 0 Å². The van der Waals surface area contributed by atoms with Crippen molar-refractivity contribution in [2.24, 2.45) is 0 Å². The summed E-state index contributed by atoms with van der Waals surface area (Å²) in [5, 5.41) is 3.12. The van der Waals surface area contributed by atoms with Gasteiger partial charge >= 0.3 is 0 Å². The summed E-state index contributed by atoms with van der Waals surface area (Å²) >= 11 is 0. The number of nitrogens with zero attached hydrogens (tertiary/aromatic N) is 2. The summed E-state index contributed by atoms with van der Waals surface area (Å²) in [6.07, 6.45) is 1.21. The van der Waals surface area contributed by atoms with E-state index in [1.807, 2.05) is 7.05 Å². The van der Waals surface area contributed by atoms with Crippen LogP contribution in [0.5, 0.6) is 0 Å². The second-order valence-electron chi connectivity index (χ2n) is 3.58. The Bertz CT molecular complexity index is 292. The van der Waals surface area contributed by atoms with Crippen LogP contribution >= 0.6 is 0 Å². The fourth-order valence-electron chi connectivity index (χ4n) is 1.21. The first-order valence-electron chi connectivity index (χ1n) is 5.25. The summed E-state index contributed by atoms with van der Waals surface area (Å²) in [6, 6.07) is 3.02. The van der Waals surface area contributed by atoms with Crippen LogP contribution in [0.25, 0.3) is 0 Å². The summed E-state index contributed by atoms with van der Waals surface area (Å²) in [4.78, 5) is 6.06. The van der Waals surface area contributed by atoms with Crippen molar-refractivity contribution in [3.05, 3.63) is 24.1 Å². The zero-order chi connectivity index (χ0) is 11.8. The van der Waals surface area contributed by atoms with Gasteiger partial charge in [0.05, 0.1) is 12.8 Å². The lowest BCUT2D eigenvalue weighted by Crippen LogP contribution is -2.28. The molecule has 90 valence electrons. The molecule has 1 rings (SSSR count). The maximum Gasteiger partial charge on any atom is 0.141 e. The molecule has 0 radical (unpaired) electrons. The smallest absolute Gasteiger partial charge is 0.141 e. The molecule has 0 amide bonds. The number of likely N-dealkylation sites (N-methyl/N-ethyl adjacent to an activating group) is 1. The van der Waals surface area contributed by atoms with Crippen molar-refractivity contribution >= 4 is 5.82 Å². The molecular formula is C11H18FN3O. The van der Waals surface area contributed by atoms with Crippen LogP contribution in [0.15, 0.2) is 18.3 Å². The number of hydrogen-bond donors (Lipinski definition) is 1. The minimum absolute atomic E-state index is 0.317. The van der Waals surface area contributed by atoms with Gasteiger partial charge in [-0.15, -0.1) is 0 Å². The highest BCUT2D eigenvalue weighted by Gasteiger charge is 1.98. The first kappa shape index (κ1) is 12.9. The van der Waals surface area contributed by atoms with E-state index in [2.05, 4.69) is 15.2 Å². The monoisotopic (exact) mass is 227 g/mol. The lowest BCUT2D eigenvalue weighted by Gasteiger charge is -2.16. The van der Waals surface area contributed by atoms with Gasteiger partial charge in [-0.25, -0.2) is 9.37 Å². The van der Waals surface area contributed by atoms with Gasteiger partial charge in [0.25, 0.3) is 0 Å². The number of rotatable bonds is 7. The van der Waals surface area contributed by atoms with Gasteiger partial charge in [0.1, 0.15) is 11.6 Å². The van der Waals surface area contributed by atoms with E-state index in [0.717, 1.165) is 26.2 Å². The largest absolute Gasteiger partial charge is 0.383 e. The van der Waals surface area contributed by atoms with Crippen LogP contribution in [-0.4, -0.2) is 50.3 Å². The summed E-state index contributed by atoms with van der Waals surface area (Å²) in [7, 11) is 3.72. The number of pyridine rings is 1. The summed E-state index contributed by atoms with van der Waals surface area (Å²) in [5.41, 5.74) is 0. The third kappa shape index (κ3) is 5.04. The van der Waals surface area contributed by atoms with Crippen molar-refractivity contribution in [1.29, 1.82) is 0 Å². The van der Waals surface area contributed by atoms with Crippen molar-refractivity contribution in [3.63, 3.8) is 0 Å². The molecule has 1 N–H and O–H groups in total. The standard InChI is InChI=1S/C11H18FN3O/c1-15(7-8-16-2)6-5-13-11-4-3-10(12)9-14-11/h3-4,9H,5-8H2,1-2H3,(H,13,14). The summed E-state index contributed by atoms with van der Waals surface area (Å²) in [6.45, 7) is 3.29. The van der Waals surface area contributed by atoms with Gasteiger partial charge < -0.3 is 15.0 Å². The van der Waals surface area contributed by atoms with Crippen molar-refractivity contribution in [2.75, 3.05) is 45.7 Å². The summed E-state index contributed by atoms with van der Waals surface area (Å²) < 4.78 is 17.5. The molecule has 0 aliphatic carbocycles. The number of aromatic nitrogens is 1. The van der Waals surface area contributed by atoms with Crippen LogP contribution in [0, 0.1) is 5.82 Å². The third-order valence-electron chi connectivity index (χ3n) is 2.20. The van der Waals surface area contributed by atoms with E-state index in [9.17, 15) is 4.39 Å². The quantitative estimate of drug-likeness (QED) is 0.759. The van der Waals surface area contributed by atoms with E-state index in [4.69, 9.17) is 4.74 Å². The maximum atomic E-state index is 12.6. The number of methoxy groups -OCH3 is 1. The lowest BCUT2D eigenvalue weighted by molar-refractivity contribution is 0.163. The lowest BCUT2D eigenvalue weighted by atomic mass is 10.4. The van der Waals surface area contributed by atoms with Gasteiger partial charge in [-0.3, -0.25) is 0 Å². The number of hydrogen-bond acceptors (Lipinski definition) is 4. The van der Waals surface area contributed by atoms with Crippen LogP contribution < -0.4 is 5.32 Å². The average Bonchev–Trinajstić information content (AvgIpc) is 2.29. The Morgan fingerprint density at radius 1 is 1.44 bits per heavy atom. The summed E-state index contributed by atoms with van der Waals surface area (Å²) in [5.74, 6) is 0.379. The molecule has 0 aliphatic heterocycles. The van der Waals surface area contributed by atoms with Gasteiger partial charge in [0, 0.05) is 26.7 Å². The average molecular weight is 227 g/mol. The molecular weight excluding hydrogens is 209 g/mol. The Morgan fingerprint density at radius 3 is 2.88 bits per heavy atom. The highest BCUT2D eigenvalue weighted by molar-refractivity contribution is 5.33. The van der Waals surface area contributed by atoms with Crippen LogP contribution in [0.1, 0.15) is 0 Å². The predicted octanol–water partition coefficient (Wildman–Crippen LogP) is 1.21. The Hall–Kier alpha value is -1.20. The Labute approximate surface area is 95.4 Å². The molecule has 0 unspecified atom stereocenters. The molecule has 4 nitrogen and oxygen atoms in total. The number of ether oxygens (including phenoxy) is 1. The van der Waals surface area contributed by atoms with E-state index >= 15 is 0 Å². The zero-order valence-electron chi connectivity index (χ0n) is 9.74. The minimum atomic E-state index is -0.317. The van der Waals surface area contributed by atoms with Gasteiger partial charge in [-0.05, 0) is 19.2 Å². The molecule has 0 atom stereocenters. The number of anilines is 1. The Kier molecular flexibility index (Phi) is 5.74. The van der Waals surface area contributed by atoms with Gasteiger partial charge in [-0.2, -0.15) is 0 Å². The third-order valence-corrected chi connectivity index (χ3v) is 2.20. The second-order valence-corrected chi connectivity index (χ2v) is 3.58. The van der Waals surface area contributed by atoms with Gasteiger partial charge in [-0.1, -0.05) is 0 Å². The topological polar surface area (TPSA) is 37.4 Å². The fraction of sp³-hybridized carbons (Fsp3) is 0.545. The SMILES string of the molecule is COCCN(C)CCNc1ccc(F)cn1. The maximum absolute atomic E-state index is 12.6. The van der Waals surface area contributed by atoms with Crippen LogP contribution in [0.4, 0.5) is 10.2 Å².